The largest absolute Gasteiger partial charge is 0.378 e. The molecule has 1 aliphatic heterocycles. The molecule has 2 fully saturated rings. The lowest BCUT2D eigenvalue weighted by Crippen LogP contribution is -2.52. The van der Waals surface area contributed by atoms with E-state index in [0.717, 1.165) is 58.3 Å². The Hall–Kier alpha value is -0.120. The van der Waals surface area contributed by atoms with Crippen LogP contribution in [-0.4, -0.2) is 87.9 Å². The van der Waals surface area contributed by atoms with Crippen LogP contribution in [0.25, 0.3) is 0 Å². The molecule has 7 heteroatoms. The normalized spacial score (nSPS) is 21.9. The molecule has 1 saturated carbocycles. The number of aliphatic imine (C=N–C) groups is 1. The summed E-state index contributed by atoms with van der Waals surface area (Å²) in [6.45, 7) is 9.64. The van der Waals surface area contributed by atoms with Gasteiger partial charge in [-0.2, -0.15) is 0 Å². The van der Waals surface area contributed by atoms with E-state index < -0.39 is 0 Å². The topological polar surface area (TPSA) is 52.1 Å². The second-order valence-corrected chi connectivity index (χ2v) is 7.55. The number of piperazine rings is 1. The van der Waals surface area contributed by atoms with Crippen LogP contribution in [0, 0.1) is 0 Å². The van der Waals surface area contributed by atoms with Crippen molar-refractivity contribution >= 4 is 29.9 Å². The van der Waals surface area contributed by atoms with Crippen molar-refractivity contribution in [3.8, 4) is 0 Å². The maximum atomic E-state index is 5.97. The predicted molar refractivity (Wildman–Crippen MR) is 121 cm³/mol. The van der Waals surface area contributed by atoms with E-state index in [-0.39, 0.29) is 24.0 Å². The standard InChI is InChI=1S/C19H39N5O.HI/c1-17(24-13-11-23(3)12-14-24)16-22-19(20-2)21-10-7-15-25-18-8-5-4-6-9-18;/h17-18H,4-16H2,1-3H3,(H2,20,21,22);1H. The summed E-state index contributed by atoms with van der Waals surface area (Å²) in [4.78, 5) is 9.28. The molecule has 154 valence electrons. The fourth-order valence-electron chi connectivity index (χ4n) is 3.62. The first kappa shape index (κ1) is 23.9. The Morgan fingerprint density at radius 2 is 1.81 bits per heavy atom. The molecule has 1 atom stereocenters. The zero-order chi connectivity index (χ0) is 17.9. The Bertz CT molecular complexity index is 382. The Kier molecular flexibility index (Phi) is 12.8. The van der Waals surface area contributed by atoms with Crippen molar-refractivity contribution in [3.05, 3.63) is 0 Å². The molecule has 2 aliphatic rings. The van der Waals surface area contributed by atoms with Gasteiger partial charge in [-0.25, -0.2) is 0 Å². The molecule has 0 spiro atoms. The molecule has 1 unspecified atom stereocenters. The van der Waals surface area contributed by atoms with E-state index in [2.05, 4.69) is 39.4 Å². The quantitative estimate of drug-likeness (QED) is 0.241. The second-order valence-electron chi connectivity index (χ2n) is 7.55. The van der Waals surface area contributed by atoms with Gasteiger partial charge in [0.05, 0.1) is 6.10 Å². The van der Waals surface area contributed by atoms with Crippen LogP contribution in [0.3, 0.4) is 0 Å². The smallest absolute Gasteiger partial charge is 0.191 e. The summed E-state index contributed by atoms with van der Waals surface area (Å²) < 4.78 is 5.97. The van der Waals surface area contributed by atoms with Crippen LogP contribution in [0.4, 0.5) is 0 Å². The third kappa shape index (κ3) is 9.19. The Morgan fingerprint density at radius 1 is 1.12 bits per heavy atom. The van der Waals surface area contributed by atoms with Gasteiger partial charge in [0.1, 0.15) is 0 Å². The lowest BCUT2D eigenvalue weighted by Gasteiger charge is -2.36. The maximum Gasteiger partial charge on any atom is 0.191 e. The van der Waals surface area contributed by atoms with Crippen LogP contribution < -0.4 is 10.6 Å². The maximum absolute atomic E-state index is 5.97. The molecular weight excluding hydrogens is 441 g/mol. The molecule has 1 aliphatic carbocycles. The highest BCUT2D eigenvalue weighted by Crippen LogP contribution is 2.20. The van der Waals surface area contributed by atoms with Gasteiger partial charge >= 0.3 is 0 Å². The van der Waals surface area contributed by atoms with Crippen molar-refractivity contribution in [1.82, 2.24) is 20.4 Å². The number of likely N-dealkylation sites (N-methyl/N-ethyl adjacent to an activating group) is 1. The minimum Gasteiger partial charge on any atom is -0.378 e. The minimum absolute atomic E-state index is 0. The van der Waals surface area contributed by atoms with Crippen molar-refractivity contribution in [2.24, 2.45) is 4.99 Å². The average Bonchev–Trinajstić information content (AvgIpc) is 2.65. The van der Waals surface area contributed by atoms with E-state index in [4.69, 9.17) is 4.74 Å². The SMILES string of the molecule is CN=C(NCCCOC1CCCCC1)NCC(C)N1CCN(C)CC1.I. The first-order valence-corrected chi connectivity index (χ1v) is 10.2. The first-order valence-electron chi connectivity index (χ1n) is 10.2. The third-order valence-corrected chi connectivity index (χ3v) is 5.47. The van der Waals surface area contributed by atoms with E-state index in [1.54, 1.807) is 0 Å². The van der Waals surface area contributed by atoms with Crippen LogP contribution in [-0.2, 0) is 4.74 Å². The minimum atomic E-state index is 0. The summed E-state index contributed by atoms with van der Waals surface area (Å²) in [7, 11) is 4.04. The lowest BCUT2D eigenvalue weighted by atomic mass is 9.98. The Labute approximate surface area is 177 Å². The molecule has 0 radical (unpaired) electrons. The van der Waals surface area contributed by atoms with E-state index in [0.29, 0.717) is 12.1 Å². The molecule has 1 saturated heterocycles. The molecule has 26 heavy (non-hydrogen) atoms. The predicted octanol–water partition coefficient (Wildman–Crippen LogP) is 2.14. The van der Waals surface area contributed by atoms with Gasteiger partial charge in [0.2, 0.25) is 0 Å². The number of rotatable bonds is 8. The number of ether oxygens (including phenoxy) is 1. The van der Waals surface area contributed by atoms with Crippen LogP contribution in [0.1, 0.15) is 45.4 Å². The highest BCUT2D eigenvalue weighted by atomic mass is 127. The van der Waals surface area contributed by atoms with Gasteiger partial charge in [-0.3, -0.25) is 9.89 Å². The molecule has 0 amide bonds. The number of nitrogens with zero attached hydrogens (tertiary/aromatic N) is 3. The molecule has 0 bridgehead atoms. The molecule has 2 N–H and O–H groups in total. The fourth-order valence-corrected chi connectivity index (χ4v) is 3.62. The summed E-state index contributed by atoms with van der Waals surface area (Å²) in [5, 5.41) is 6.87. The molecule has 1 heterocycles. The fraction of sp³-hybridized carbons (Fsp3) is 0.947. The van der Waals surface area contributed by atoms with Crippen molar-refractivity contribution in [1.29, 1.82) is 0 Å². The summed E-state index contributed by atoms with van der Waals surface area (Å²) in [6, 6.07) is 0.530. The summed E-state index contributed by atoms with van der Waals surface area (Å²) in [5.74, 6) is 0.902. The van der Waals surface area contributed by atoms with Crippen LogP contribution in [0.2, 0.25) is 0 Å². The first-order chi connectivity index (χ1) is 12.2. The number of halogens is 1. The van der Waals surface area contributed by atoms with E-state index in [1.165, 1.54) is 32.1 Å². The summed E-state index contributed by atoms with van der Waals surface area (Å²) >= 11 is 0. The number of hydrogen-bond acceptors (Lipinski definition) is 4. The monoisotopic (exact) mass is 481 g/mol. The van der Waals surface area contributed by atoms with Gasteiger partial charge in [-0.15, -0.1) is 24.0 Å². The molecule has 0 aromatic carbocycles. The summed E-state index contributed by atoms with van der Waals surface area (Å²) in [5.41, 5.74) is 0. The van der Waals surface area contributed by atoms with Gasteiger partial charge in [-0.05, 0) is 33.2 Å². The van der Waals surface area contributed by atoms with E-state index in [1.807, 2.05) is 7.05 Å². The number of nitrogens with one attached hydrogen (secondary N) is 2. The third-order valence-electron chi connectivity index (χ3n) is 5.47. The molecule has 0 aromatic rings. The van der Waals surface area contributed by atoms with Gasteiger partial charge < -0.3 is 20.3 Å². The van der Waals surface area contributed by atoms with Crippen molar-refractivity contribution in [2.45, 2.75) is 57.6 Å². The molecular formula is C19H40IN5O. The van der Waals surface area contributed by atoms with Gasteiger partial charge in [0, 0.05) is 59.0 Å². The molecule has 6 nitrogen and oxygen atoms in total. The Morgan fingerprint density at radius 3 is 2.46 bits per heavy atom. The summed E-state index contributed by atoms with van der Waals surface area (Å²) in [6.07, 6.45) is 8.11. The van der Waals surface area contributed by atoms with Crippen LogP contribution >= 0.6 is 24.0 Å². The second kappa shape index (κ2) is 14.0. The van der Waals surface area contributed by atoms with Gasteiger partial charge in [-0.1, -0.05) is 19.3 Å². The van der Waals surface area contributed by atoms with E-state index >= 15 is 0 Å². The van der Waals surface area contributed by atoms with Crippen LogP contribution in [0.5, 0.6) is 0 Å². The number of guanidine groups is 1. The van der Waals surface area contributed by atoms with E-state index in [9.17, 15) is 0 Å². The van der Waals surface area contributed by atoms with Gasteiger partial charge in [0.25, 0.3) is 0 Å². The zero-order valence-corrected chi connectivity index (χ0v) is 19.3. The molecule has 2 rings (SSSR count). The highest BCUT2D eigenvalue weighted by molar-refractivity contribution is 14.0. The van der Waals surface area contributed by atoms with Crippen LogP contribution in [0.15, 0.2) is 4.99 Å². The Balaban J connectivity index is 0.00000338. The van der Waals surface area contributed by atoms with Crippen molar-refractivity contribution < 1.29 is 4.74 Å². The molecule has 0 aromatic heterocycles. The highest BCUT2D eigenvalue weighted by Gasteiger charge is 2.19. The zero-order valence-electron chi connectivity index (χ0n) is 17.0. The lowest BCUT2D eigenvalue weighted by molar-refractivity contribution is 0.0277. The number of hydrogen-bond donors (Lipinski definition) is 2. The van der Waals surface area contributed by atoms with Crippen molar-refractivity contribution in [2.75, 3.05) is 60.0 Å². The average molecular weight is 481 g/mol. The van der Waals surface area contributed by atoms with Gasteiger partial charge in [0.15, 0.2) is 5.96 Å². The van der Waals surface area contributed by atoms with Crippen molar-refractivity contribution in [3.63, 3.8) is 0 Å².